The minimum Gasteiger partial charge on any atom is -0.494 e. The minimum atomic E-state index is -3.78. The molecule has 208 valence electrons. The second-order valence-electron chi connectivity index (χ2n) is 9.12. The van der Waals surface area contributed by atoms with Crippen molar-refractivity contribution in [3.8, 4) is 5.75 Å². The quantitative estimate of drug-likeness (QED) is 0.138. The molecule has 1 aliphatic heterocycles. The Hall–Kier alpha value is -4.38. The van der Waals surface area contributed by atoms with Gasteiger partial charge in [-0.05, 0) is 53.1 Å². The maximum atomic E-state index is 13.2. The predicted molar refractivity (Wildman–Crippen MR) is 148 cm³/mol. The van der Waals surface area contributed by atoms with Gasteiger partial charge in [-0.15, -0.1) is 0 Å². The first-order valence-electron chi connectivity index (χ1n) is 12.6. The average molecular weight is 564 g/mol. The molecule has 0 aromatic heterocycles. The van der Waals surface area contributed by atoms with Crippen molar-refractivity contribution in [1.82, 2.24) is 0 Å². The first-order chi connectivity index (χ1) is 19.3. The van der Waals surface area contributed by atoms with Gasteiger partial charge in [-0.1, -0.05) is 47.6 Å². The monoisotopic (exact) mass is 563 g/mol. The third-order valence-corrected chi connectivity index (χ3v) is 8.29. The Morgan fingerprint density at radius 2 is 1.80 bits per heavy atom. The molecule has 0 saturated heterocycles. The Bertz CT molecular complexity index is 1520. The Kier molecular flexibility index (Phi) is 9.05. The van der Waals surface area contributed by atoms with Crippen molar-refractivity contribution in [2.75, 3.05) is 19.0 Å². The molecule has 1 amide bonds. The Labute approximate surface area is 231 Å². The summed E-state index contributed by atoms with van der Waals surface area (Å²) in [7, 11) is -3.78. The van der Waals surface area contributed by atoms with Gasteiger partial charge in [0.05, 0.1) is 23.8 Å². The molecule has 0 aliphatic carbocycles. The van der Waals surface area contributed by atoms with Crippen LogP contribution in [0.3, 0.4) is 0 Å². The third-order valence-electron chi connectivity index (χ3n) is 6.56. The number of rotatable bonds is 13. The lowest BCUT2D eigenvalue weighted by molar-refractivity contribution is -0.125. The molecule has 4 rings (SSSR count). The molecule has 0 fully saturated rings. The van der Waals surface area contributed by atoms with E-state index in [4.69, 9.17) is 25.8 Å². The van der Waals surface area contributed by atoms with Gasteiger partial charge >= 0.3 is 0 Å². The van der Waals surface area contributed by atoms with E-state index in [-0.39, 0.29) is 30.4 Å². The topological polar surface area (TPSA) is 177 Å². The lowest BCUT2D eigenvalue weighted by atomic mass is 9.83. The SMILES string of the molecule is [N-]=[N+]=NCc1ccccc1[C@H]1OC(c2ccc(OCCCO)cc2)=N[C@@]1(CCS(=O)(=O)c1ccccc1)C(N)=O. The van der Waals surface area contributed by atoms with E-state index < -0.39 is 33.1 Å². The highest BCUT2D eigenvalue weighted by molar-refractivity contribution is 7.91. The summed E-state index contributed by atoms with van der Waals surface area (Å²) >= 11 is 0. The maximum absolute atomic E-state index is 13.2. The van der Waals surface area contributed by atoms with Crippen LogP contribution in [-0.4, -0.2) is 49.8 Å². The van der Waals surface area contributed by atoms with Crippen molar-refractivity contribution < 1.29 is 27.8 Å². The molecule has 0 spiro atoms. The van der Waals surface area contributed by atoms with Crippen LogP contribution < -0.4 is 10.5 Å². The maximum Gasteiger partial charge on any atom is 0.249 e. The Morgan fingerprint density at radius 3 is 2.48 bits per heavy atom. The van der Waals surface area contributed by atoms with Crippen LogP contribution in [0.4, 0.5) is 0 Å². The number of aliphatic imine (C=N–C) groups is 1. The summed E-state index contributed by atoms with van der Waals surface area (Å²) in [5.74, 6) is -0.575. The molecule has 11 nitrogen and oxygen atoms in total. The molecular weight excluding hydrogens is 534 g/mol. The average Bonchev–Trinajstić information content (AvgIpc) is 3.37. The fraction of sp³-hybridized carbons (Fsp3) is 0.286. The van der Waals surface area contributed by atoms with Gasteiger partial charge in [0, 0.05) is 29.9 Å². The van der Waals surface area contributed by atoms with Crippen LogP contribution in [0.25, 0.3) is 10.4 Å². The number of hydrogen-bond donors (Lipinski definition) is 2. The van der Waals surface area contributed by atoms with Gasteiger partial charge in [-0.3, -0.25) is 4.79 Å². The summed E-state index contributed by atoms with van der Waals surface area (Å²) in [6.07, 6.45) is -0.829. The fourth-order valence-electron chi connectivity index (χ4n) is 4.45. The zero-order valence-corrected chi connectivity index (χ0v) is 22.4. The normalized spacial score (nSPS) is 18.3. The van der Waals surface area contributed by atoms with E-state index in [2.05, 4.69) is 15.0 Å². The second kappa shape index (κ2) is 12.6. The van der Waals surface area contributed by atoms with E-state index in [0.717, 1.165) is 0 Å². The van der Waals surface area contributed by atoms with Gasteiger partial charge in [0.2, 0.25) is 11.8 Å². The molecule has 40 heavy (non-hydrogen) atoms. The van der Waals surface area contributed by atoms with Crippen LogP contribution in [0.15, 0.2) is 93.9 Å². The molecule has 0 unspecified atom stereocenters. The number of azide groups is 1. The van der Waals surface area contributed by atoms with Crippen molar-refractivity contribution in [3.05, 3.63) is 106 Å². The van der Waals surface area contributed by atoms with Crippen LogP contribution in [0.1, 0.15) is 35.6 Å². The highest BCUT2D eigenvalue weighted by atomic mass is 32.2. The van der Waals surface area contributed by atoms with Crippen LogP contribution in [0.2, 0.25) is 0 Å². The van der Waals surface area contributed by atoms with Crippen molar-refractivity contribution in [3.63, 3.8) is 0 Å². The predicted octanol–water partition coefficient (Wildman–Crippen LogP) is 3.86. The third kappa shape index (κ3) is 6.26. The first-order valence-corrected chi connectivity index (χ1v) is 14.2. The summed E-state index contributed by atoms with van der Waals surface area (Å²) < 4.78 is 38.2. The molecule has 1 aliphatic rings. The summed E-state index contributed by atoms with van der Waals surface area (Å²) in [6, 6.07) is 21.7. The molecule has 0 radical (unpaired) electrons. The van der Waals surface area contributed by atoms with Gasteiger partial charge in [0.15, 0.2) is 21.5 Å². The standard InChI is InChI=1S/C28H29N5O6S/c29-27(35)28(15-18-40(36,37)23-8-2-1-3-9-23)25(24-10-5-4-7-21(24)19-31-33-30)39-26(32-28)20-11-13-22(14-12-20)38-17-6-16-34/h1-5,7-14,25,34H,6,15-19H2,(H2,29,35)/t25-,28-/m1/s1. The van der Waals surface area contributed by atoms with Crippen molar-refractivity contribution in [2.45, 2.75) is 35.9 Å². The molecular formula is C28H29N5O6S. The lowest BCUT2D eigenvalue weighted by Crippen LogP contribution is -2.47. The van der Waals surface area contributed by atoms with Gasteiger partial charge in [0.1, 0.15) is 5.75 Å². The number of hydrogen-bond acceptors (Lipinski definition) is 8. The number of benzene rings is 3. The molecule has 1 heterocycles. The number of ether oxygens (including phenoxy) is 2. The van der Waals surface area contributed by atoms with Crippen molar-refractivity contribution in [1.29, 1.82) is 0 Å². The van der Waals surface area contributed by atoms with E-state index in [9.17, 15) is 13.2 Å². The number of aliphatic hydroxyl groups is 1. The Morgan fingerprint density at radius 1 is 1.10 bits per heavy atom. The number of nitrogens with two attached hydrogens (primary N) is 1. The fourth-order valence-corrected chi connectivity index (χ4v) is 5.84. The van der Waals surface area contributed by atoms with Crippen LogP contribution in [0, 0.1) is 0 Å². The number of carbonyl (C=O) groups excluding carboxylic acids is 1. The number of aliphatic hydroxyl groups excluding tert-OH is 1. The van der Waals surface area contributed by atoms with Crippen molar-refractivity contribution in [2.24, 2.45) is 15.8 Å². The summed E-state index contributed by atoms with van der Waals surface area (Å²) in [6.45, 7) is 0.345. The lowest BCUT2D eigenvalue weighted by Gasteiger charge is -2.30. The molecule has 12 heteroatoms. The van der Waals surface area contributed by atoms with Gasteiger partial charge < -0.3 is 20.3 Å². The molecule has 2 atom stereocenters. The number of sulfone groups is 1. The van der Waals surface area contributed by atoms with E-state index in [0.29, 0.717) is 35.5 Å². The first kappa shape index (κ1) is 28.6. The minimum absolute atomic E-state index is 0.0143. The Balaban J connectivity index is 1.75. The van der Waals surface area contributed by atoms with E-state index in [1.54, 1.807) is 66.7 Å². The molecule has 3 N–H and O–H groups in total. The summed E-state index contributed by atoms with van der Waals surface area (Å²) in [5, 5.41) is 12.6. The number of nitrogens with zero attached hydrogens (tertiary/aromatic N) is 4. The second-order valence-corrected chi connectivity index (χ2v) is 11.2. The van der Waals surface area contributed by atoms with Crippen molar-refractivity contribution >= 4 is 21.6 Å². The highest BCUT2D eigenvalue weighted by Gasteiger charge is 2.53. The summed E-state index contributed by atoms with van der Waals surface area (Å²) in [5.41, 5.74) is 14.7. The molecule has 0 bridgehead atoms. The largest absolute Gasteiger partial charge is 0.494 e. The molecule has 0 saturated carbocycles. The zero-order valence-electron chi connectivity index (χ0n) is 21.6. The van der Waals surface area contributed by atoms with E-state index >= 15 is 0 Å². The number of amides is 1. The van der Waals surface area contributed by atoms with Gasteiger partial charge in [-0.2, -0.15) is 0 Å². The number of carbonyl (C=O) groups is 1. The molecule has 3 aromatic rings. The molecule has 3 aromatic carbocycles. The van der Waals surface area contributed by atoms with Crippen LogP contribution in [-0.2, 0) is 25.9 Å². The van der Waals surface area contributed by atoms with E-state index in [1.807, 2.05) is 0 Å². The van der Waals surface area contributed by atoms with Crippen LogP contribution >= 0.6 is 0 Å². The van der Waals surface area contributed by atoms with Gasteiger partial charge in [-0.25, -0.2) is 13.4 Å². The zero-order chi connectivity index (χ0) is 28.6. The van der Waals surface area contributed by atoms with E-state index in [1.165, 1.54) is 12.1 Å². The smallest absolute Gasteiger partial charge is 0.249 e. The summed E-state index contributed by atoms with van der Waals surface area (Å²) in [4.78, 5) is 20.8. The van der Waals surface area contributed by atoms with Gasteiger partial charge in [0.25, 0.3) is 0 Å². The number of primary amides is 1. The van der Waals surface area contributed by atoms with Crippen LogP contribution in [0.5, 0.6) is 5.75 Å². The highest BCUT2D eigenvalue weighted by Crippen LogP contribution is 2.44.